The minimum atomic E-state index is -0.0176. The molecule has 0 fully saturated rings. The summed E-state index contributed by atoms with van der Waals surface area (Å²) in [6.45, 7) is 2.21. The molecule has 2 aromatic rings. The average Bonchev–Trinajstić information content (AvgIpc) is 2.89. The summed E-state index contributed by atoms with van der Waals surface area (Å²) >= 11 is 3.43. The number of rotatable bonds is 6. The van der Waals surface area contributed by atoms with Crippen molar-refractivity contribution in [2.24, 2.45) is 0 Å². The van der Waals surface area contributed by atoms with Crippen LogP contribution in [0, 0.1) is 6.92 Å². The highest BCUT2D eigenvalue weighted by Gasteiger charge is 2.07. The summed E-state index contributed by atoms with van der Waals surface area (Å²) in [5.74, 6) is 1.42. The first-order chi connectivity index (χ1) is 10.1. The maximum atomic E-state index is 11.8. The quantitative estimate of drug-likeness (QED) is 0.867. The number of ether oxygens (including phenoxy) is 1. The molecule has 6 heteroatoms. The van der Waals surface area contributed by atoms with E-state index in [1.54, 1.807) is 13.2 Å². The number of hydrogen-bond donors (Lipinski definition) is 1. The van der Waals surface area contributed by atoms with E-state index in [-0.39, 0.29) is 5.91 Å². The number of methoxy groups -OCH3 is 1. The third kappa shape index (κ3) is 4.60. The molecule has 1 aromatic carbocycles. The Morgan fingerprint density at radius 3 is 2.86 bits per heavy atom. The van der Waals surface area contributed by atoms with Gasteiger partial charge in [-0.15, -0.1) is 0 Å². The van der Waals surface area contributed by atoms with Crippen molar-refractivity contribution < 1.29 is 14.1 Å². The number of aryl methyl sites for hydroxylation is 2. The summed E-state index contributed by atoms with van der Waals surface area (Å²) in [6.07, 6.45) is 1.09. The van der Waals surface area contributed by atoms with Crippen LogP contribution in [0.15, 0.2) is 33.3 Å². The molecular weight excluding hydrogens is 336 g/mol. The van der Waals surface area contributed by atoms with Crippen molar-refractivity contribution in [1.29, 1.82) is 0 Å². The maximum absolute atomic E-state index is 11.8. The molecule has 0 saturated heterocycles. The molecule has 1 aromatic heterocycles. The number of halogens is 1. The van der Waals surface area contributed by atoms with Gasteiger partial charge < -0.3 is 14.6 Å². The van der Waals surface area contributed by atoms with Gasteiger partial charge in [-0.05, 0) is 47.0 Å². The summed E-state index contributed by atoms with van der Waals surface area (Å²) in [6, 6.07) is 7.61. The second-order valence-corrected chi connectivity index (χ2v) is 5.53. The van der Waals surface area contributed by atoms with Gasteiger partial charge in [-0.3, -0.25) is 4.79 Å². The van der Waals surface area contributed by atoms with E-state index in [0.29, 0.717) is 25.1 Å². The molecule has 21 heavy (non-hydrogen) atoms. The average molecular weight is 353 g/mol. The van der Waals surface area contributed by atoms with E-state index >= 15 is 0 Å². The lowest BCUT2D eigenvalue weighted by Crippen LogP contribution is -2.22. The van der Waals surface area contributed by atoms with Crippen LogP contribution in [-0.4, -0.2) is 18.2 Å². The van der Waals surface area contributed by atoms with Crippen molar-refractivity contribution in [2.45, 2.75) is 26.3 Å². The third-order valence-electron chi connectivity index (χ3n) is 2.99. The van der Waals surface area contributed by atoms with Gasteiger partial charge in [0.15, 0.2) is 5.76 Å². The van der Waals surface area contributed by atoms with Crippen molar-refractivity contribution in [3.05, 3.63) is 45.8 Å². The smallest absolute Gasteiger partial charge is 0.220 e. The zero-order valence-electron chi connectivity index (χ0n) is 12.0. The molecule has 1 N–H and O–H groups in total. The molecule has 0 unspecified atom stereocenters. The summed E-state index contributed by atoms with van der Waals surface area (Å²) in [5.41, 5.74) is 1.88. The Bertz CT molecular complexity index is 625. The zero-order chi connectivity index (χ0) is 15.2. The Labute approximate surface area is 131 Å². The number of amides is 1. The highest BCUT2D eigenvalue weighted by atomic mass is 79.9. The van der Waals surface area contributed by atoms with Crippen molar-refractivity contribution >= 4 is 21.8 Å². The van der Waals surface area contributed by atoms with Crippen molar-refractivity contribution in [2.75, 3.05) is 7.11 Å². The summed E-state index contributed by atoms with van der Waals surface area (Å²) in [4.78, 5) is 11.8. The van der Waals surface area contributed by atoms with E-state index in [9.17, 15) is 4.79 Å². The normalized spacial score (nSPS) is 10.4. The van der Waals surface area contributed by atoms with Crippen LogP contribution in [0.25, 0.3) is 0 Å². The lowest BCUT2D eigenvalue weighted by Gasteiger charge is -2.06. The van der Waals surface area contributed by atoms with E-state index < -0.39 is 0 Å². The fourth-order valence-corrected chi connectivity index (χ4v) is 2.49. The molecule has 0 aliphatic carbocycles. The van der Waals surface area contributed by atoms with Gasteiger partial charge >= 0.3 is 0 Å². The first-order valence-electron chi connectivity index (χ1n) is 6.60. The van der Waals surface area contributed by atoms with E-state index in [2.05, 4.69) is 26.4 Å². The van der Waals surface area contributed by atoms with Crippen molar-refractivity contribution in [3.8, 4) is 5.75 Å². The second-order valence-electron chi connectivity index (χ2n) is 4.68. The van der Waals surface area contributed by atoms with Crippen LogP contribution in [-0.2, 0) is 17.8 Å². The fraction of sp³-hybridized carbons (Fsp3) is 0.333. The van der Waals surface area contributed by atoms with Gasteiger partial charge in [0, 0.05) is 12.5 Å². The molecule has 0 radical (unpaired) electrons. The summed E-state index contributed by atoms with van der Waals surface area (Å²) < 4.78 is 11.1. The zero-order valence-corrected chi connectivity index (χ0v) is 13.6. The molecular formula is C15H17BrN2O3. The van der Waals surface area contributed by atoms with Gasteiger partial charge in [-0.1, -0.05) is 11.2 Å². The standard InChI is InChI=1S/C15H17BrN2O3/c1-10-7-12(21-18-10)9-17-15(19)6-4-11-3-5-14(20-2)13(16)8-11/h3,5,7-8H,4,6,9H2,1-2H3,(H,17,19). The predicted molar refractivity (Wildman–Crippen MR) is 82.1 cm³/mol. The number of carbonyl (C=O) groups excluding carboxylic acids is 1. The van der Waals surface area contributed by atoms with Crippen LogP contribution in [0.5, 0.6) is 5.75 Å². The maximum Gasteiger partial charge on any atom is 0.220 e. The molecule has 2 rings (SSSR count). The second kappa shape index (κ2) is 7.26. The minimum absolute atomic E-state index is 0.0176. The van der Waals surface area contributed by atoms with Gasteiger partial charge in [0.1, 0.15) is 5.75 Å². The Balaban J connectivity index is 1.79. The Kier molecular flexibility index (Phi) is 5.38. The van der Waals surface area contributed by atoms with Gasteiger partial charge in [-0.25, -0.2) is 0 Å². The van der Waals surface area contributed by atoms with Crippen molar-refractivity contribution in [3.63, 3.8) is 0 Å². The third-order valence-corrected chi connectivity index (χ3v) is 3.61. The molecule has 0 atom stereocenters. The van der Waals surface area contributed by atoms with E-state index in [1.807, 2.05) is 25.1 Å². The molecule has 1 amide bonds. The number of benzene rings is 1. The van der Waals surface area contributed by atoms with Crippen LogP contribution >= 0.6 is 15.9 Å². The number of aromatic nitrogens is 1. The molecule has 0 bridgehead atoms. The van der Waals surface area contributed by atoms with Crippen LogP contribution < -0.4 is 10.1 Å². The van der Waals surface area contributed by atoms with Crippen LogP contribution in [0.2, 0.25) is 0 Å². The lowest BCUT2D eigenvalue weighted by molar-refractivity contribution is -0.121. The molecule has 5 nitrogen and oxygen atoms in total. The fourth-order valence-electron chi connectivity index (χ4n) is 1.90. The Hall–Kier alpha value is -1.82. The van der Waals surface area contributed by atoms with Crippen LogP contribution in [0.4, 0.5) is 0 Å². The number of hydrogen-bond acceptors (Lipinski definition) is 4. The monoisotopic (exact) mass is 352 g/mol. The highest BCUT2D eigenvalue weighted by Crippen LogP contribution is 2.25. The predicted octanol–water partition coefficient (Wildman–Crippen LogP) is 3.00. The number of carbonyl (C=O) groups is 1. The number of nitrogens with zero attached hydrogens (tertiary/aromatic N) is 1. The van der Waals surface area contributed by atoms with Crippen molar-refractivity contribution in [1.82, 2.24) is 10.5 Å². The lowest BCUT2D eigenvalue weighted by atomic mass is 10.1. The number of nitrogens with one attached hydrogen (secondary N) is 1. The minimum Gasteiger partial charge on any atom is -0.496 e. The first kappa shape index (κ1) is 15.6. The molecule has 0 aliphatic rings. The largest absolute Gasteiger partial charge is 0.496 e. The highest BCUT2D eigenvalue weighted by molar-refractivity contribution is 9.10. The Morgan fingerprint density at radius 1 is 1.43 bits per heavy atom. The molecule has 0 aliphatic heterocycles. The van der Waals surface area contributed by atoms with E-state index in [4.69, 9.17) is 9.26 Å². The van der Waals surface area contributed by atoms with E-state index in [1.165, 1.54) is 0 Å². The van der Waals surface area contributed by atoms with Gasteiger partial charge in [-0.2, -0.15) is 0 Å². The van der Waals surface area contributed by atoms with E-state index in [0.717, 1.165) is 21.5 Å². The topological polar surface area (TPSA) is 64.4 Å². The molecule has 0 spiro atoms. The van der Waals surface area contributed by atoms with Crippen LogP contribution in [0.1, 0.15) is 23.4 Å². The summed E-state index contributed by atoms with van der Waals surface area (Å²) in [5, 5.41) is 6.58. The molecule has 112 valence electrons. The van der Waals surface area contributed by atoms with Gasteiger partial charge in [0.05, 0.1) is 23.8 Å². The Morgan fingerprint density at radius 2 is 2.24 bits per heavy atom. The molecule has 0 saturated carbocycles. The van der Waals surface area contributed by atoms with Crippen LogP contribution in [0.3, 0.4) is 0 Å². The van der Waals surface area contributed by atoms with Gasteiger partial charge in [0.2, 0.25) is 5.91 Å². The SMILES string of the molecule is COc1ccc(CCC(=O)NCc2cc(C)no2)cc1Br. The van der Waals surface area contributed by atoms with Gasteiger partial charge in [0.25, 0.3) is 0 Å². The summed E-state index contributed by atoms with van der Waals surface area (Å²) in [7, 11) is 1.62. The molecule has 1 heterocycles. The first-order valence-corrected chi connectivity index (χ1v) is 7.39.